The summed E-state index contributed by atoms with van der Waals surface area (Å²) in [6.45, 7) is 6.16. The summed E-state index contributed by atoms with van der Waals surface area (Å²) in [7, 11) is 0. The van der Waals surface area contributed by atoms with Crippen molar-refractivity contribution in [1.29, 1.82) is 0 Å². The van der Waals surface area contributed by atoms with E-state index in [9.17, 15) is 14.4 Å². The molecule has 1 fully saturated rings. The van der Waals surface area contributed by atoms with Crippen molar-refractivity contribution < 1.29 is 38.1 Å². The van der Waals surface area contributed by atoms with Gasteiger partial charge in [0, 0.05) is 25.8 Å². The van der Waals surface area contributed by atoms with E-state index in [2.05, 4.69) is 12.6 Å². The van der Waals surface area contributed by atoms with E-state index >= 15 is 0 Å². The molecule has 0 saturated carbocycles. The molecular formula is C26H29ClO8S. The molecule has 36 heavy (non-hydrogen) atoms. The smallest absolute Gasteiger partial charge is 0.303 e. The normalized spacial score (nSPS) is 23.4. The van der Waals surface area contributed by atoms with Crippen molar-refractivity contribution in [2.45, 2.75) is 64.0 Å². The molecule has 0 spiro atoms. The van der Waals surface area contributed by atoms with Gasteiger partial charge in [-0.25, -0.2) is 0 Å². The molecule has 0 aromatic heterocycles. The number of esters is 3. The molecule has 2 aromatic rings. The second-order valence-corrected chi connectivity index (χ2v) is 9.19. The third-order valence-corrected chi connectivity index (χ3v) is 6.23. The first kappa shape index (κ1) is 27.8. The van der Waals surface area contributed by atoms with Crippen LogP contribution in [0.2, 0.25) is 5.02 Å². The summed E-state index contributed by atoms with van der Waals surface area (Å²) in [5.74, 6) is -1.10. The number of hydrogen-bond donors (Lipinski definition) is 1. The fourth-order valence-electron chi connectivity index (χ4n) is 4.06. The highest BCUT2D eigenvalue weighted by atomic mass is 35.5. The molecular weight excluding hydrogens is 508 g/mol. The van der Waals surface area contributed by atoms with E-state index in [1.54, 1.807) is 12.1 Å². The van der Waals surface area contributed by atoms with Gasteiger partial charge in [0.2, 0.25) is 0 Å². The van der Waals surface area contributed by atoms with Crippen LogP contribution >= 0.6 is 24.2 Å². The van der Waals surface area contributed by atoms with Crippen molar-refractivity contribution in [2.24, 2.45) is 0 Å². The Morgan fingerprint density at radius 2 is 1.47 bits per heavy atom. The van der Waals surface area contributed by atoms with Gasteiger partial charge in [0.15, 0.2) is 18.3 Å². The number of rotatable bonds is 8. The Morgan fingerprint density at radius 1 is 0.889 bits per heavy atom. The lowest BCUT2D eigenvalue weighted by Crippen LogP contribution is -2.57. The number of carbonyl (C=O) groups is 3. The Hall–Kier alpha value is -2.75. The SMILES string of the molecule is CCOc1ccc(Cc2cc([C@@H]3OC(S)[C@@H](OC(C)=O)[C@H](OC(C)=O)[C@H]3OC(C)=O)ccc2Cl)cc1. The lowest BCUT2D eigenvalue weighted by molar-refractivity contribution is -0.233. The summed E-state index contributed by atoms with van der Waals surface area (Å²) in [6, 6.07) is 13.0. The zero-order valence-electron chi connectivity index (χ0n) is 20.4. The van der Waals surface area contributed by atoms with Crippen LogP contribution in [-0.4, -0.2) is 48.3 Å². The van der Waals surface area contributed by atoms with Crippen LogP contribution < -0.4 is 4.74 Å². The lowest BCUT2D eigenvalue weighted by Gasteiger charge is -2.43. The van der Waals surface area contributed by atoms with Crippen LogP contribution in [0.3, 0.4) is 0 Å². The Labute approximate surface area is 220 Å². The summed E-state index contributed by atoms with van der Waals surface area (Å²) < 4.78 is 27.9. The first-order chi connectivity index (χ1) is 17.1. The van der Waals surface area contributed by atoms with Crippen molar-refractivity contribution >= 4 is 42.1 Å². The van der Waals surface area contributed by atoms with E-state index in [1.807, 2.05) is 37.3 Å². The molecule has 0 radical (unpaired) electrons. The maximum atomic E-state index is 12.0. The largest absolute Gasteiger partial charge is 0.494 e. The number of thiol groups is 1. The van der Waals surface area contributed by atoms with Gasteiger partial charge >= 0.3 is 17.9 Å². The second-order valence-electron chi connectivity index (χ2n) is 8.27. The maximum Gasteiger partial charge on any atom is 0.303 e. The average molecular weight is 537 g/mol. The fraction of sp³-hybridized carbons (Fsp3) is 0.423. The van der Waals surface area contributed by atoms with Crippen LogP contribution in [0.5, 0.6) is 5.75 Å². The Kier molecular flexibility index (Phi) is 9.64. The van der Waals surface area contributed by atoms with Gasteiger partial charge in [-0.15, -0.1) is 12.6 Å². The van der Waals surface area contributed by atoms with Crippen LogP contribution in [-0.2, 0) is 39.8 Å². The van der Waals surface area contributed by atoms with Crippen molar-refractivity contribution in [3.8, 4) is 5.75 Å². The molecule has 5 atom stereocenters. The Morgan fingerprint density at radius 3 is 2.06 bits per heavy atom. The Balaban J connectivity index is 1.96. The summed E-state index contributed by atoms with van der Waals surface area (Å²) in [5.41, 5.74) is 1.49. The van der Waals surface area contributed by atoms with E-state index in [-0.39, 0.29) is 0 Å². The van der Waals surface area contributed by atoms with Crippen molar-refractivity contribution in [2.75, 3.05) is 6.61 Å². The zero-order chi connectivity index (χ0) is 26.4. The van der Waals surface area contributed by atoms with Crippen molar-refractivity contribution in [3.63, 3.8) is 0 Å². The second kappa shape index (κ2) is 12.5. The van der Waals surface area contributed by atoms with Gasteiger partial charge < -0.3 is 23.7 Å². The van der Waals surface area contributed by atoms with Gasteiger partial charge in [-0.05, 0) is 48.2 Å². The molecule has 8 nitrogen and oxygen atoms in total. The quantitative estimate of drug-likeness (QED) is 0.300. The van der Waals surface area contributed by atoms with Gasteiger partial charge in [0.05, 0.1) is 6.61 Å². The van der Waals surface area contributed by atoms with Crippen LogP contribution in [0.25, 0.3) is 0 Å². The van der Waals surface area contributed by atoms with Crippen molar-refractivity contribution in [3.05, 3.63) is 64.2 Å². The number of hydrogen-bond acceptors (Lipinski definition) is 9. The number of carbonyl (C=O) groups excluding carboxylic acids is 3. The summed E-state index contributed by atoms with van der Waals surface area (Å²) in [4.78, 5) is 35.6. The minimum atomic E-state index is -1.14. The molecule has 1 unspecified atom stereocenters. The summed E-state index contributed by atoms with van der Waals surface area (Å²) in [5, 5.41) is 0.546. The van der Waals surface area contributed by atoms with E-state index in [0.29, 0.717) is 23.6 Å². The van der Waals surface area contributed by atoms with Gasteiger partial charge in [0.25, 0.3) is 0 Å². The molecule has 1 aliphatic rings. The summed E-state index contributed by atoms with van der Waals surface area (Å²) >= 11 is 10.9. The van der Waals surface area contributed by atoms with Gasteiger partial charge in [-0.3, -0.25) is 14.4 Å². The minimum Gasteiger partial charge on any atom is -0.494 e. The predicted molar refractivity (Wildman–Crippen MR) is 135 cm³/mol. The van der Waals surface area contributed by atoms with E-state index in [0.717, 1.165) is 16.9 Å². The molecule has 0 aliphatic carbocycles. The van der Waals surface area contributed by atoms with Crippen LogP contribution in [0.1, 0.15) is 50.5 Å². The van der Waals surface area contributed by atoms with Crippen LogP contribution in [0.4, 0.5) is 0 Å². The monoisotopic (exact) mass is 536 g/mol. The molecule has 194 valence electrons. The first-order valence-electron chi connectivity index (χ1n) is 11.4. The topological polar surface area (TPSA) is 97.4 Å². The predicted octanol–water partition coefficient (Wildman–Crippen LogP) is 4.45. The average Bonchev–Trinajstić information content (AvgIpc) is 2.80. The molecule has 2 aromatic carbocycles. The molecule has 0 bridgehead atoms. The first-order valence-corrected chi connectivity index (χ1v) is 12.3. The van der Waals surface area contributed by atoms with E-state index < -0.39 is 47.8 Å². The van der Waals surface area contributed by atoms with Crippen LogP contribution in [0, 0.1) is 0 Å². The van der Waals surface area contributed by atoms with E-state index in [4.69, 9.17) is 35.3 Å². The minimum absolute atomic E-state index is 0.526. The van der Waals surface area contributed by atoms with Crippen molar-refractivity contribution in [1.82, 2.24) is 0 Å². The lowest BCUT2D eigenvalue weighted by atomic mass is 9.92. The molecule has 1 saturated heterocycles. The highest BCUT2D eigenvalue weighted by molar-refractivity contribution is 7.80. The van der Waals surface area contributed by atoms with E-state index in [1.165, 1.54) is 20.8 Å². The molecule has 3 rings (SSSR count). The number of halogens is 1. The third-order valence-electron chi connectivity index (χ3n) is 5.45. The highest BCUT2D eigenvalue weighted by Gasteiger charge is 2.51. The fourth-order valence-corrected chi connectivity index (χ4v) is 4.60. The van der Waals surface area contributed by atoms with Crippen LogP contribution in [0.15, 0.2) is 42.5 Å². The third kappa shape index (κ3) is 7.15. The maximum absolute atomic E-state index is 12.0. The van der Waals surface area contributed by atoms with Gasteiger partial charge in [-0.1, -0.05) is 35.9 Å². The Bertz CT molecular complexity index is 1090. The standard InChI is InChI=1S/C26H29ClO8S/c1-5-31-20-9-6-17(7-10-20)12-19-13-18(8-11-21(19)27)22-23(32-14(2)28)24(33-15(3)29)25(26(36)35-22)34-16(4)30/h6-11,13,22-26,36H,5,12H2,1-4H3/t22-,23-,24+,25-,26?/m0/s1. The molecule has 1 heterocycles. The molecule has 0 amide bonds. The summed E-state index contributed by atoms with van der Waals surface area (Å²) in [6.07, 6.45) is -3.67. The molecule has 1 aliphatic heterocycles. The van der Waals surface area contributed by atoms with Gasteiger partial charge in [-0.2, -0.15) is 0 Å². The molecule has 10 heteroatoms. The molecule has 0 N–H and O–H groups in total. The zero-order valence-corrected chi connectivity index (χ0v) is 22.1. The number of benzene rings is 2. The van der Waals surface area contributed by atoms with Gasteiger partial charge in [0.1, 0.15) is 17.3 Å². The number of ether oxygens (including phenoxy) is 5. The highest BCUT2D eigenvalue weighted by Crippen LogP contribution is 2.39.